The average molecular weight is 1120 g/mol. The maximum atomic E-state index is 13.7. The molecule has 0 radical (unpaired) electrons. The van der Waals surface area contributed by atoms with Crippen molar-refractivity contribution in [2.75, 3.05) is 62.1 Å². The van der Waals surface area contributed by atoms with Crippen molar-refractivity contribution in [3.63, 3.8) is 0 Å². The van der Waals surface area contributed by atoms with E-state index in [9.17, 15) is 47.9 Å². The Balaban J connectivity index is 1.18. The second-order valence-corrected chi connectivity index (χ2v) is 18.0. The number of carbonyl (C=O) groups excluding carboxylic acids is 10. The molecular weight excluding hydrogens is 1050 g/mol. The smallest absolute Gasteiger partial charge is 0.255 e. The van der Waals surface area contributed by atoms with Gasteiger partial charge in [0.2, 0.25) is 29.5 Å². The van der Waals surface area contributed by atoms with Crippen molar-refractivity contribution < 1.29 is 71.6 Å². The van der Waals surface area contributed by atoms with Crippen LogP contribution >= 0.6 is 0 Å². The van der Waals surface area contributed by atoms with Crippen LogP contribution in [0.2, 0.25) is 0 Å². The van der Waals surface area contributed by atoms with Gasteiger partial charge in [-0.15, -0.1) is 0 Å². The third-order valence-corrected chi connectivity index (χ3v) is 12.0. The summed E-state index contributed by atoms with van der Waals surface area (Å²) >= 11 is 0. The molecule has 5 aromatic carbocycles. The highest BCUT2D eigenvalue weighted by molar-refractivity contribution is 6.08. The monoisotopic (exact) mass is 1120 g/mol. The zero-order chi connectivity index (χ0) is 59.8. The fraction of sp³-hybridized carbons (Fsp3) is 0.273. The van der Waals surface area contributed by atoms with Gasteiger partial charge in [0, 0.05) is 28.4 Å². The molecule has 13 N–H and O–H groups in total. The molecule has 5 unspecified atom stereocenters. The maximum Gasteiger partial charge on any atom is 0.255 e. The quantitative estimate of drug-likeness (QED) is 0.0423. The zero-order valence-electron chi connectivity index (χ0n) is 45.8. The normalized spacial score (nSPS) is 12.4. The van der Waals surface area contributed by atoms with E-state index in [1.165, 1.54) is 161 Å². The Morgan fingerprint density at radius 1 is 0.333 bits per heavy atom. The number of methoxy groups -OCH3 is 5. The fourth-order valence-corrected chi connectivity index (χ4v) is 7.45. The molecule has 0 aromatic heterocycles. The highest BCUT2D eigenvalue weighted by Gasteiger charge is 2.27. The van der Waals surface area contributed by atoms with E-state index in [4.69, 9.17) is 35.2 Å². The third kappa shape index (κ3) is 16.2. The van der Waals surface area contributed by atoms with E-state index in [0.29, 0.717) is 0 Å². The Kier molecular flexibility index (Phi) is 21.2. The predicted molar refractivity (Wildman–Crippen MR) is 298 cm³/mol. The minimum atomic E-state index is -1.20. The van der Waals surface area contributed by atoms with Crippen LogP contribution in [-0.2, 0) is 24.0 Å². The zero-order valence-corrected chi connectivity index (χ0v) is 45.8. The van der Waals surface area contributed by atoms with Gasteiger partial charge in [-0.2, -0.15) is 0 Å². The Labute approximate surface area is 465 Å². The van der Waals surface area contributed by atoms with E-state index < -0.39 is 89.3 Å². The predicted octanol–water partition coefficient (Wildman–Crippen LogP) is 3.14. The average Bonchev–Trinajstić information content (AvgIpc) is 3.47. The van der Waals surface area contributed by atoms with Crippen molar-refractivity contribution >= 4 is 87.5 Å². The van der Waals surface area contributed by atoms with Crippen LogP contribution in [0.5, 0.6) is 28.7 Å². The molecule has 0 saturated carbocycles. The highest BCUT2D eigenvalue weighted by atomic mass is 16.5. The van der Waals surface area contributed by atoms with Gasteiger partial charge >= 0.3 is 0 Å². The fourth-order valence-electron chi connectivity index (χ4n) is 7.45. The van der Waals surface area contributed by atoms with Gasteiger partial charge in [-0.05, 0) is 126 Å². The Bertz CT molecular complexity index is 3260. The number of benzene rings is 5. The summed E-state index contributed by atoms with van der Waals surface area (Å²) in [7, 11) is 6.66. The summed E-state index contributed by atoms with van der Waals surface area (Å²) in [4.78, 5) is 131. The number of hydrogen-bond acceptors (Lipinski definition) is 16. The van der Waals surface area contributed by atoms with Gasteiger partial charge in [-0.1, -0.05) is 0 Å². The van der Waals surface area contributed by atoms with Gasteiger partial charge in [0.15, 0.2) is 0 Å². The summed E-state index contributed by atoms with van der Waals surface area (Å²) < 4.78 is 26.6. The molecule has 5 atom stereocenters. The summed E-state index contributed by atoms with van der Waals surface area (Å²) in [6, 6.07) is 15.7. The lowest BCUT2D eigenvalue weighted by atomic mass is 10.1. The largest absolute Gasteiger partial charge is 0.496 e. The molecule has 0 aliphatic heterocycles. The van der Waals surface area contributed by atoms with Crippen molar-refractivity contribution in [1.82, 2.24) is 21.3 Å². The number of rotatable bonds is 24. The number of nitrogens with one attached hydrogen (secondary N) is 9. The molecule has 0 aliphatic rings. The van der Waals surface area contributed by atoms with Gasteiger partial charge in [0.1, 0.15) is 52.9 Å². The first-order valence-corrected chi connectivity index (χ1v) is 24.7. The van der Waals surface area contributed by atoms with E-state index in [2.05, 4.69) is 47.9 Å². The lowest BCUT2D eigenvalue weighted by molar-refractivity contribution is -0.118. The first-order valence-electron chi connectivity index (χ1n) is 24.7. The molecule has 10 amide bonds. The van der Waals surface area contributed by atoms with E-state index in [1.54, 1.807) is 0 Å². The van der Waals surface area contributed by atoms with Gasteiger partial charge in [0.25, 0.3) is 29.5 Å². The Morgan fingerprint density at radius 3 is 0.728 bits per heavy atom. The molecule has 0 fully saturated rings. The van der Waals surface area contributed by atoms with E-state index in [1.807, 2.05) is 0 Å². The van der Waals surface area contributed by atoms with E-state index >= 15 is 0 Å². The highest BCUT2D eigenvalue weighted by Crippen LogP contribution is 2.28. The number of nitrogens with two attached hydrogens (primary N) is 2. The van der Waals surface area contributed by atoms with Crippen molar-refractivity contribution in [3.05, 3.63) is 119 Å². The SMILES string of the molecule is COc1ccc(NC(=O)C(C)NC(=O)c2cc(NC(=O)C(C)NC(=O)c3cc(NC(=O)C(C)NC(=O)c4cc(NC(=O)C(C)NC(=O)c5cc(NC(=O)C(C)N)ccc5OC)ccc4OC)ccc3OC)ccc2OC)cc1C(N)=O. The van der Waals surface area contributed by atoms with Gasteiger partial charge in [0.05, 0.1) is 69.4 Å². The van der Waals surface area contributed by atoms with Crippen LogP contribution in [0.15, 0.2) is 91.0 Å². The lowest BCUT2D eigenvalue weighted by Gasteiger charge is -2.19. The number of amides is 10. The van der Waals surface area contributed by atoms with Crippen molar-refractivity contribution in [2.24, 2.45) is 11.5 Å². The number of anilines is 5. The number of carbonyl (C=O) groups is 10. The van der Waals surface area contributed by atoms with Crippen LogP contribution in [-0.4, -0.2) is 125 Å². The molecule has 0 spiro atoms. The first-order chi connectivity index (χ1) is 38.4. The second-order valence-electron chi connectivity index (χ2n) is 18.0. The van der Waals surface area contributed by atoms with Gasteiger partial charge < -0.3 is 83.0 Å². The minimum Gasteiger partial charge on any atom is -0.496 e. The van der Waals surface area contributed by atoms with Crippen molar-refractivity contribution in [3.8, 4) is 28.7 Å². The van der Waals surface area contributed by atoms with Crippen LogP contribution in [0.25, 0.3) is 0 Å². The van der Waals surface area contributed by atoms with E-state index in [0.717, 1.165) is 0 Å². The molecule has 81 heavy (non-hydrogen) atoms. The summed E-state index contributed by atoms with van der Waals surface area (Å²) in [6.45, 7) is 7.15. The number of ether oxygens (including phenoxy) is 5. The molecular formula is C55H63N11O15. The Hall–Kier alpha value is -10.2. The van der Waals surface area contributed by atoms with Crippen LogP contribution in [0.4, 0.5) is 28.4 Å². The molecule has 428 valence electrons. The van der Waals surface area contributed by atoms with Crippen molar-refractivity contribution in [2.45, 2.75) is 64.8 Å². The number of hydrogen-bond donors (Lipinski definition) is 11. The summed E-state index contributed by atoms with van der Waals surface area (Å²) in [5.74, 6) is -6.30. The minimum absolute atomic E-state index is 0.0242. The summed E-state index contributed by atoms with van der Waals surface area (Å²) in [5, 5.41) is 23.4. The van der Waals surface area contributed by atoms with Crippen LogP contribution in [0.3, 0.4) is 0 Å². The maximum absolute atomic E-state index is 13.7. The number of primary amides is 1. The molecule has 0 bridgehead atoms. The molecule has 5 aromatic rings. The van der Waals surface area contributed by atoms with Gasteiger partial charge in [-0.25, -0.2) is 0 Å². The summed E-state index contributed by atoms with van der Waals surface area (Å²) in [6.07, 6.45) is 0. The van der Waals surface area contributed by atoms with E-state index in [-0.39, 0.29) is 85.0 Å². The van der Waals surface area contributed by atoms with Gasteiger partial charge in [-0.3, -0.25) is 47.9 Å². The van der Waals surface area contributed by atoms with Crippen LogP contribution in [0, 0.1) is 0 Å². The van der Waals surface area contributed by atoms with Crippen molar-refractivity contribution in [1.29, 1.82) is 0 Å². The topological polar surface area (TPSA) is 377 Å². The molecule has 0 aliphatic carbocycles. The molecule has 26 nitrogen and oxygen atoms in total. The third-order valence-electron chi connectivity index (χ3n) is 12.0. The Morgan fingerprint density at radius 2 is 0.531 bits per heavy atom. The molecule has 5 rings (SSSR count). The summed E-state index contributed by atoms with van der Waals surface area (Å²) in [5.41, 5.74) is 11.8. The second kappa shape index (κ2) is 27.9. The lowest BCUT2D eigenvalue weighted by Crippen LogP contribution is -2.42. The molecule has 26 heteroatoms. The first kappa shape index (κ1) is 61.6. The standard InChI is InChI=1S/C55H63N11O15/c1-26(56)47(68)62-32-12-17-42(78-7)37(22-32)52(73)59-28(3)49(70)64-34-14-19-44(80-9)39(24-34)54(75)61-30(5)51(72)66-35-15-20-45(81-10)40(25-35)55(76)60-29(4)50(71)65-33-13-18-43(79-8)38(23-33)53(74)58-27(2)48(69)63-31-11-16-41(77-6)36(21-31)46(57)67/h11-30H,56H2,1-10H3,(H2,57,67)(H,58,74)(H,59,73)(H,60,76)(H,61,75)(H,62,68)(H,63,69)(H,64,70)(H,65,71)(H,66,72). The van der Waals surface area contributed by atoms with Crippen LogP contribution in [0.1, 0.15) is 86.4 Å². The molecule has 0 saturated heterocycles. The molecule has 0 heterocycles. The van der Waals surface area contributed by atoms with Crippen LogP contribution < -0.4 is 83.0 Å².